The van der Waals surface area contributed by atoms with Crippen molar-refractivity contribution in [2.24, 2.45) is 0 Å². The van der Waals surface area contributed by atoms with Crippen LogP contribution in [0.5, 0.6) is 0 Å². The number of nitrogens with zero attached hydrogens (tertiary/aromatic N) is 2. The second-order valence-electron chi connectivity index (χ2n) is 9.07. The van der Waals surface area contributed by atoms with Crippen molar-refractivity contribution in [3.63, 3.8) is 0 Å². The average molecular weight is 520 g/mol. The molecule has 0 radical (unpaired) electrons. The van der Waals surface area contributed by atoms with Crippen LogP contribution in [-0.2, 0) is 32.6 Å². The molecule has 1 aliphatic carbocycles. The van der Waals surface area contributed by atoms with Gasteiger partial charge in [-0.2, -0.15) is 0 Å². The average Bonchev–Trinajstić information content (AvgIpc) is 3.34. The van der Waals surface area contributed by atoms with Crippen molar-refractivity contribution in [1.82, 2.24) is 10.2 Å². The first-order valence-corrected chi connectivity index (χ1v) is 14.2. The fourth-order valence-electron chi connectivity index (χ4n) is 4.41. The number of hydrogen-bond donors (Lipinski definition) is 1. The Bertz CT molecular complexity index is 1130. The maximum absolute atomic E-state index is 13.6. The third kappa shape index (κ3) is 7.21. The highest BCUT2D eigenvalue weighted by Gasteiger charge is 2.31. The largest absolute Gasteiger partial charge is 0.352 e. The number of benzene rings is 2. The number of carbonyl (C=O) groups is 2. The monoisotopic (exact) mass is 519 g/mol. The van der Waals surface area contributed by atoms with E-state index in [9.17, 15) is 18.0 Å². The Morgan fingerprint density at radius 1 is 1.09 bits per heavy atom. The molecule has 7 nitrogen and oxygen atoms in total. The molecule has 0 saturated heterocycles. The van der Waals surface area contributed by atoms with E-state index in [0.717, 1.165) is 47.4 Å². The molecule has 0 spiro atoms. The van der Waals surface area contributed by atoms with Crippen LogP contribution in [0.1, 0.15) is 50.7 Å². The van der Waals surface area contributed by atoms with E-state index < -0.39 is 28.5 Å². The van der Waals surface area contributed by atoms with Crippen LogP contribution in [0.3, 0.4) is 0 Å². The molecule has 190 valence electrons. The summed E-state index contributed by atoms with van der Waals surface area (Å²) in [5.74, 6) is -0.690. The molecule has 0 aliphatic heterocycles. The Hall–Kier alpha value is -2.58. The molecule has 0 heterocycles. The molecule has 1 saturated carbocycles. The molecule has 1 fully saturated rings. The SMILES string of the molecule is CCc1ccccc1N(CC(=O)N(Cc1ccc(Cl)cc1)[C@@H](C)C(=O)NC1CCCC1)S(C)(=O)=O. The summed E-state index contributed by atoms with van der Waals surface area (Å²) in [6.45, 7) is 3.37. The van der Waals surface area contributed by atoms with Gasteiger partial charge in [0, 0.05) is 17.6 Å². The van der Waals surface area contributed by atoms with Crippen molar-refractivity contribution in [3.8, 4) is 0 Å². The minimum Gasteiger partial charge on any atom is -0.352 e. The summed E-state index contributed by atoms with van der Waals surface area (Å²) < 4.78 is 26.6. The lowest BCUT2D eigenvalue weighted by atomic mass is 10.1. The van der Waals surface area contributed by atoms with E-state index in [2.05, 4.69) is 5.32 Å². The summed E-state index contributed by atoms with van der Waals surface area (Å²) in [7, 11) is -3.75. The number of sulfonamides is 1. The van der Waals surface area contributed by atoms with Gasteiger partial charge in [-0.05, 0) is 55.5 Å². The van der Waals surface area contributed by atoms with Gasteiger partial charge in [0.25, 0.3) is 0 Å². The summed E-state index contributed by atoms with van der Waals surface area (Å²) in [4.78, 5) is 28.2. The molecule has 3 rings (SSSR count). The Kier molecular flexibility index (Phi) is 9.19. The van der Waals surface area contributed by atoms with Crippen LogP contribution in [-0.4, -0.2) is 50.0 Å². The van der Waals surface area contributed by atoms with Crippen LogP contribution in [0.15, 0.2) is 48.5 Å². The van der Waals surface area contributed by atoms with E-state index in [-0.39, 0.29) is 18.5 Å². The first kappa shape index (κ1) is 27.0. The second-order valence-corrected chi connectivity index (χ2v) is 11.4. The summed E-state index contributed by atoms with van der Waals surface area (Å²) in [6.07, 6.45) is 5.72. The van der Waals surface area contributed by atoms with Gasteiger partial charge < -0.3 is 10.2 Å². The van der Waals surface area contributed by atoms with E-state index in [1.165, 1.54) is 4.90 Å². The third-order valence-corrected chi connectivity index (χ3v) is 7.83. The normalized spacial score (nSPS) is 15.0. The van der Waals surface area contributed by atoms with Gasteiger partial charge >= 0.3 is 0 Å². The molecular formula is C26H34ClN3O4S. The summed E-state index contributed by atoms with van der Waals surface area (Å²) in [5.41, 5.74) is 2.09. The lowest BCUT2D eigenvalue weighted by Gasteiger charge is -2.32. The van der Waals surface area contributed by atoms with E-state index >= 15 is 0 Å². The third-order valence-electron chi connectivity index (χ3n) is 6.46. The van der Waals surface area contributed by atoms with E-state index in [1.807, 2.05) is 19.1 Å². The topological polar surface area (TPSA) is 86.8 Å². The highest BCUT2D eigenvalue weighted by Crippen LogP contribution is 2.24. The smallest absolute Gasteiger partial charge is 0.244 e. The molecule has 2 amide bonds. The summed E-state index contributed by atoms with van der Waals surface area (Å²) in [5, 5.41) is 3.62. The second kappa shape index (κ2) is 11.9. The van der Waals surface area contributed by atoms with Crippen molar-refractivity contribution in [2.75, 3.05) is 17.1 Å². The van der Waals surface area contributed by atoms with Gasteiger partial charge in [-0.1, -0.05) is 61.7 Å². The van der Waals surface area contributed by atoms with Crippen molar-refractivity contribution in [1.29, 1.82) is 0 Å². The van der Waals surface area contributed by atoms with Crippen LogP contribution in [0.2, 0.25) is 5.02 Å². The molecule has 0 bridgehead atoms. The van der Waals surface area contributed by atoms with Crippen LogP contribution < -0.4 is 9.62 Å². The number of halogens is 1. The zero-order valence-electron chi connectivity index (χ0n) is 20.5. The zero-order chi connectivity index (χ0) is 25.6. The number of anilines is 1. The van der Waals surface area contributed by atoms with Crippen LogP contribution in [0.25, 0.3) is 0 Å². The molecule has 1 aliphatic rings. The predicted molar refractivity (Wildman–Crippen MR) is 140 cm³/mol. The fraction of sp³-hybridized carbons (Fsp3) is 0.462. The minimum absolute atomic E-state index is 0.112. The Morgan fingerprint density at radius 2 is 1.71 bits per heavy atom. The molecule has 35 heavy (non-hydrogen) atoms. The predicted octanol–water partition coefficient (Wildman–Crippen LogP) is 4.14. The van der Waals surface area contributed by atoms with Crippen molar-refractivity contribution < 1.29 is 18.0 Å². The van der Waals surface area contributed by atoms with Gasteiger partial charge in [0.15, 0.2) is 0 Å². The Balaban J connectivity index is 1.89. The first-order valence-electron chi connectivity index (χ1n) is 12.0. The summed E-state index contributed by atoms with van der Waals surface area (Å²) in [6, 6.07) is 13.5. The number of nitrogens with one attached hydrogen (secondary N) is 1. The van der Waals surface area contributed by atoms with Gasteiger partial charge in [0.05, 0.1) is 11.9 Å². The molecule has 0 unspecified atom stereocenters. The number of carbonyl (C=O) groups excluding carboxylic acids is 2. The van der Waals surface area contributed by atoms with E-state index in [4.69, 9.17) is 11.6 Å². The van der Waals surface area contributed by atoms with Crippen LogP contribution in [0, 0.1) is 0 Å². The molecule has 1 N–H and O–H groups in total. The molecule has 1 atom stereocenters. The minimum atomic E-state index is -3.75. The Morgan fingerprint density at radius 3 is 2.31 bits per heavy atom. The zero-order valence-corrected chi connectivity index (χ0v) is 22.1. The van der Waals surface area contributed by atoms with Crippen molar-refractivity contribution >= 4 is 39.1 Å². The molecule has 9 heteroatoms. The standard InChI is InChI=1S/C26H34ClN3O4S/c1-4-21-9-5-8-12-24(21)30(35(3,33)34)18-25(31)29(17-20-13-15-22(27)16-14-20)19(2)26(32)28-23-10-6-7-11-23/h5,8-9,12-16,19,23H,4,6-7,10-11,17-18H2,1-3H3,(H,28,32)/t19-/m0/s1. The lowest BCUT2D eigenvalue weighted by molar-refractivity contribution is -0.139. The van der Waals surface area contributed by atoms with Gasteiger partial charge in [-0.25, -0.2) is 8.42 Å². The highest BCUT2D eigenvalue weighted by atomic mass is 35.5. The fourth-order valence-corrected chi connectivity index (χ4v) is 5.42. The maximum Gasteiger partial charge on any atom is 0.244 e. The van der Waals surface area contributed by atoms with Gasteiger partial charge in [0.1, 0.15) is 12.6 Å². The molecule has 2 aromatic rings. The highest BCUT2D eigenvalue weighted by molar-refractivity contribution is 7.92. The number of para-hydroxylation sites is 1. The number of amides is 2. The van der Waals surface area contributed by atoms with Crippen LogP contribution >= 0.6 is 11.6 Å². The number of aryl methyl sites for hydroxylation is 1. The van der Waals surface area contributed by atoms with Gasteiger partial charge in [-0.15, -0.1) is 0 Å². The summed E-state index contributed by atoms with van der Waals surface area (Å²) >= 11 is 6.02. The lowest BCUT2D eigenvalue weighted by Crippen LogP contribution is -2.52. The quantitative estimate of drug-likeness (QED) is 0.511. The Labute approximate surface area is 213 Å². The van der Waals surface area contributed by atoms with E-state index in [1.54, 1.807) is 43.3 Å². The molecule has 0 aromatic heterocycles. The number of rotatable bonds is 10. The van der Waals surface area contributed by atoms with Gasteiger partial charge in [0.2, 0.25) is 21.8 Å². The van der Waals surface area contributed by atoms with Crippen molar-refractivity contribution in [3.05, 3.63) is 64.7 Å². The molecular weight excluding hydrogens is 486 g/mol. The van der Waals surface area contributed by atoms with Crippen LogP contribution in [0.4, 0.5) is 5.69 Å². The van der Waals surface area contributed by atoms with Gasteiger partial charge in [-0.3, -0.25) is 13.9 Å². The number of hydrogen-bond acceptors (Lipinski definition) is 4. The first-order chi connectivity index (χ1) is 16.6. The maximum atomic E-state index is 13.6. The molecule has 2 aromatic carbocycles. The van der Waals surface area contributed by atoms with Crippen molar-refractivity contribution in [2.45, 2.75) is 64.6 Å². The van der Waals surface area contributed by atoms with E-state index in [0.29, 0.717) is 17.1 Å².